The summed E-state index contributed by atoms with van der Waals surface area (Å²) in [7, 11) is -3.87. The number of halogens is 1. The van der Waals surface area contributed by atoms with Crippen LogP contribution in [0.15, 0.2) is 64.0 Å². The van der Waals surface area contributed by atoms with Gasteiger partial charge in [0.25, 0.3) is 10.0 Å². The van der Waals surface area contributed by atoms with Crippen molar-refractivity contribution in [2.24, 2.45) is 0 Å². The highest BCUT2D eigenvalue weighted by atomic mass is 79.9. The van der Waals surface area contributed by atoms with Gasteiger partial charge < -0.3 is 9.64 Å². The summed E-state index contributed by atoms with van der Waals surface area (Å²) in [5.74, 6) is -0.243. The summed E-state index contributed by atoms with van der Waals surface area (Å²) >= 11 is 3.36. The highest BCUT2D eigenvalue weighted by Gasteiger charge is 2.29. The normalized spacial score (nSPS) is 14.9. The molecule has 0 atom stereocenters. The van der Waals surface area contributed by atoms with Gasteiger partial charge in [-0.05, 0) is 30.3 Å². The Labute approximate surface area is 161 Å². The van der Waals surface area contributed by atoms with Crippen molar-refractivity contribution in [2.45, 2.75) is 4.90 Å². The number of anilines is 1. The number of rotatable bonds is 5. The van der Waals surface area contributed by atoms with Crippen molar-refractivity contribution in [2.75, 3.05) is 37.2 Å². The van der Waals surface area contributed by atoms with E-state index in [1.54, 1.807) is 47.4 Å². The minimum absolute atomic E-state index is 0.148. The molecule has 0 aromatic heterocycles. The second kappa shape index (κ2) is 8.20. The van der Waals surface area contributed by atoms with Crippen LogP contribution in [0.3, 0.4) is 0 Å². The van der Waals surface area contributed by atoms with Gasteiger partial charge in [-0.2, -0.15) is 0 Å². The van der Waals surface area contributed by atoms with Gasteiger partial charge in [-0.1, -0.05) is 40.2 Å². The number of hydrogen-bond acceptors (Lipinski definition) is 4. The molecule has 138 valence electrons. The molecule has 0 saturated carbocycles. The SMILES string of the molecule is O=C(CN(c1cccc(Br)c1)S(=O)(=O)c1ccccc1)N1CCOCC1. The predicted octanol–water partition coefficient (Wildman–Crippen LogP) is 2.50. The van der Waals surface area contributed by atoms with Crippen molar-refractivity contribution >= 4 is 37.5 Å². The fourth-order valence-electron chi connectivity index (χ4n) is 2.70. The van der Waals surface area contributed by atoms with E-state index in [0.29, 0.717) is 32.0 Å². The molecule has 2 aromatic carbocycles. The Bertz CT molecular complexity index is 868. The summed E-state index contributed by atoms with van der Waals surface area (Å²) in [6, 6.07) is 15.0. The van der Waals surface area contributed by atoms with Crippen LogP contribution in [0.2, 0.25) is 0 Å². The van der Waals surface area contributed by atoms with Crippen LogP contribution < -0.4 is 4.31 Å². The number of ether oxygens (including phenoxy) is 1. The molecule has 1 fully saturated rings. The smallest absolute Gasteiger partial charge is 0.264 e. The van der Waals surface area contributed by atoms with Gasteiger partial charge in [0.1, 0.15) is 6.54 Å². The summed E-state index contributed by atoms with van der Waals surface area (Å²) in [6.45, 7) is 1.61. The van der Waals surface area contributed by atoms with Crippen LogP contribution in [0.5, 0.6) is 0 Å². The van der Waals surface area contributed by atoms with Gasteiger partial charge in [0.2, 0.25) is 5.91 Å². The molecular formula is C18H19BrN2O4S. The first kappa shape index (κ1) is 18.9. The standard InChI is InChI=1S/C18H19BrN2O4S/c19-15-5-4-6-16(13-15)21(14-18(22)20-9-11-25-12-10-20)26(23,24)17-7-2-1-3-8-17/h1-8,13H,9-12,14H2. The number of hydrogen-bond donors (Lipinski definition) is 0. The lowest BCUT2D eigenvalue weighted by atomic mass is 10.3. The summed E-state index contributed by atoms with van der Waals surface area (Å²) in [5.41, 5.74) is 0.435. The highest BCUT2D eigenvalue weighted by molar-refractivity contribution is 9.10. The summed E-state index contributed by atoms with van der Waals surface area (Å²) < 4.78 is 33.5. The average molecular weight is 439 g/mol. The van der Waals surface area contributed by atoms with Crippen LogP contribution in [0, 0.1) is 0 Å². The molecule has 1 heterocycles. The topological polar surface area (TPSA) is 66.9 Å². The maximum Gasteiger partial charge on any atom is 0.264 e. The van der Waals surface area contributed by atoms with E-state index in [9.17, 15) is 13.2 Å². The maximum absolute atomic E-state index is 13.2. The van der Waals surface area contributed by atoms with Crippen LogP contribution in [-0.4, -0.2) is 52.1 Å². The zero-order chi connectivity index (χ0) is 18.6. The van der Waals surface area contributed by atoms with Crippen molar-refractivity contribution in [3.8, 4) is 0 Å². The Morgan fingerprint density at radius 2 is 1.77 bits per heavy atom. The summed E-state index contributed by atoms with van der Waals surface area (Å²) in [5, 5.41) is 0. The lowest BCUT2D eigenvalue weighted by molar-refractivity contribution is -0.133. The van der Waals surface area contributed by atoms with Gasteiger partial charge in [-0.25, -0.2) is 8.42 Å². The lowest BCUT2D eigenvalue weighted by Crippen LogP contribution is -2.47. The fourth-order valence-corrected chi connectivity index (χ4v) is 4.52. The van der Waals surface area contributed by atoms with Gasteiger partial charge in [0, 0.05) is 17.6 Å². The van der Waals surface area contributed by atoms with Crippen LogP contribution in [0.1, 0.15) is 0 Å². The Morgan fingerprint density at radius 3 is 2.42 bits per heavy atom. The molecule has 2 aromatic rings. The Morgan fingerprint density at radius 1 is 1.08 bits per heavy atom. The van der Waals surface area contributed by atoms with Crippen molar-refractivity contribution in [1.82, 2.24) is 4.90 Å². The first-order valence-corrected chi connectivity index (χ1v) is 10.4. The van der Waals surface area contributed by atoms with Crippen molar-refractivity contribution < 1.29 is 17.9 Å². The quantitative estimate of drug-likeness (QED) is 0.718. The van der Waals surface area contributed by atoms with Gasteiger partial charge in [-0.15, -0.1) is 0 Å². The molecule has 0 N–H and O–H groups in total. The number of benzene rings is 2. The zero-order valence-corrected chi connectivity index (χ0v) is 16.4. The molecule has 3 rings (SSSR count). The van der Waals surface area contributed by atoms with Crippen molar-refractivity contribution in [1.29, 1.82) is 0 Å². The molecule has 26 heavy (non-hydrogen) atoms. The van der Waals surface area contributed by atoms with Gasteiger partial charge in [-0.3, -0.25) is 9.10 Å². The molecule has 8 heteroatoms. The minimum Gasteiger partial charge on any atom is -0.378 e. The van der Waals surface area contributed by atoms with Crippen LogP contribution in [-0.2, 0) is 19.6 Å². The van der Waals surface area contributed by atoms with Crippen molar-refractivity contribution in [3.05, 3.63) is 59.1 Å². The number of nitrogens with zero attached hydrogens (tertiary/aromatic N) is 2. The number of carbonyl (C=O) groups excluding carboxylic acids is 1. The van der Waals surface area contributed by atoms with Crippen molar-refractivity contribution in [3.63, 3.8) is 0 Å². The van der Waals surface area contributed by atoms with Crippen LogP contribution in [0.25, 0.3) is 0 Å². The van der Waals surface area contributed by atoms with E-state index in [0.717, 1.165) is 8.78 Å². The first-order valence-electron chi connectivity index (χ1n) is 8.17. The van der Waals surface area contributed by atoms with Gasteiger partial charge in [0.05, 0.1) is 23.8 Å². The third kappa shape index (κ3) is 4.25. The predicted molar refractivity (Wildman–Crippen MR) is 103 cm³/mol. The van der Waals surface area contributed by atoms with E-state index in [1.165, 1.54) is 12.1 Å². The largest absolute Gasteiger partial charge is 0.378 e. The summed E-state index contributed by atoms with van der Waals surface area (Å²) in [6.07, 6.45) is 0. The van der Waals surface area contributed by atoms with Gasteiger partial charge >= 0.3 is 0 Å². The molecule has 0 bridgehead atoms. The third-order valence-electron chi connectivity index (χ3n) is 4.07. The second-order valence-electron chi connectivity index (χ2n) is 5.80. The maximum atomic E-state index is 13.2. The number of sulfonamides is 1. The Kier molecular flexibility index (Phi) is 5.95. The van der Waals surface area contributed by atoms with E-state index in [2.05, 4.69) is 15.9 Å². The molecule has 0 radical (unpaired) electrons. The highest BCUT2D eigenvalue weighted by Crippen LogP contribution is 2.26. The van der Waals surface area contributed by atoms with E-state index in [1.807, 2.05) is 0 Å². The van der Waals surface area contributed by atoms with Crippen LogP contribution in [0.4, 0.5) is 5.69 Å². The first-order chi connectivity index (χ1) is 12.5. The van der Waals surface area contributed by atoms with E-state index < -0.39 is 10.0 Å². The number of amides is 1. The van der Waals surface area contributed by atoms with E-state index in [4.69, 9.17) is 4.74 Å². The van der Waals surface area contributed by atoms with Gasteiger partial charge in [0.15, 0.2) is 0 Å². The molecular weight excluding hydrogens is 420 g/mol. The average Bonchev–Trinajstić information content (AvgIpc) is 2.67. The summed E-state index contributed by atoms with van der Waals surface area (Å²) in [4.78, 5) is 14.5. The van der Waals surface area contributed by atoms with E-state index >= 15 is 0 Å². The van der Waals surface area contributed by atoms with Crippen LogP contribution >= 0.6 is 15.9 Å². The molecule has 1 aliphatic rings. The monoisotopic (exact) mass is 438 g/mol. The Hall–Kier alpha value is -1.90. The minimum atomic E-state index is -3.87. The molecule has 0 aliphatic carbocycles. The molecule has 1 aliphatic heterocycles. The second-order valence-corrected chi connectivity index (χ2v) is 8.58. The molecule has 0 unspecified atom stereocenters. The fraction of sp³-hybridized carbons (Fsp3) is 0.278. The molecule has 1 amide bonds. The third-order valence-corrected chi connectivity index (χ3v) is 6.35. The van der Waals surface area contributed by atoms with E-state index in [-0.39, 0.29) is 17.3 Å². The number of carbonyl (C=O) groups is 1. The lowest BCUT2D eigenvalue weighted by Gasteiger charge is -2.30. The Balaban J connectivity index is 1.95. The molecule has 1 saturated heterocycles. The molecule has 6 nitrogen and oxygen atoms in total. The molecule has 0 spiro atoms. The zero-order valence-electron chi connectivity index (χ0n) is 14.0. The number of morpholine rings is 1.